The van der Waals surface area contributed by atoms with Crippen LogP contribution in [0.15, 0.2) is 60.9 Å². The molecular formula is C22H17NO6. The fourth-order valence-corrected chi connectivity index (χ4v) is 3.17. The molecule has 0 unspecified atom stereocenters. The topological polar surface area (TPSA) is 119 Å². The van der Waals surface area contributed by atoms with E-state index in [1.165, 1.54) is 30.3 Å². The molecule has 0 fully saturated rings. The van der Waals surface area contributed by atoms with Crippen LogP contribution in [-0.2, 0) is 6.42 Å². The van der Waals surface area contributed by atoms with E-state index in [2.05, 4.69) is 5.32 Å². The van der Waals surface area contributed by atoms with Crippen LogP contribution in [0.2, 0.25) is 0 Å². The maximum absolute atomic E-state index is 12.9. The lowest BCUT2D eigenvalue weighted by Crippen LogP contribution is -2.13. The Hall–Kier alpha value is -4.13. The monoisotopic (exact) mass is 391 g/mol. The minimum absolute atomic E-state index is 0.0297. The molecule has 3 aromatic rings. The molecule has 29 heavy (non-hydrogen) atoms. The van der Waals surface area contributed by atoms with Crippen molar-refractivity contribution in [3.8, 4) is 39.9 Å². The molecular weight excluding hydrogens is 374 g/mol. The minimum atomic E-state index is -0.518. The summed E-state index contributed by atoms with van der Waals surface area (Å²) in [5.41, 5.74) is 1.83. The van der Waals surface area contributed by atoms with Gasteiger partial charge in [0.1, 0.15) is 5.75 Å². The molecule has 0 aromatic heterocycles. The molecule has 146 valence electrons. The van der Waals surface area contributed by atoms with Gasteiger partial charge in [-0.25, -0.2) is 0 Å². The third-order valence-electron chi connectivity index (χ3n) is 4.61. The Kier molecular flexibility index (Phi) is 4.48. The van der Waals surface area contributed by atoms with E-state index in [0.717, 1.165) is 5.56 Å². The van der Waals surface area contributed by atoms with E-state index < -0.39 is 23.2 Å². The molecule has 0 spiro atoms. The van der Waals surface area contributed by atoms with Crippen molar-refractivity contribution in [2.24, 2.45) is 0 Å². The van der Waals surface area contributed by atoms with Gasteiger partial charge in [0.05, 0.1) is 11.8 Å². The highest BCUT2D eigenvalue weighted by Crippen LogP contribution is 2.42. The van der Waals surface area contributed by atoms with Crippen molar-refractivity contribution in [3.63, 3.8) is 0 Å². The van der Waals surface area contributed by atoms with E-state index in [-0.39, 0.29) is 22.4 Å². The maximum Gasteiger partial charge on any atom is 0.256 e. The number of carbonyl (C=O) groups is 1. The number of benzene rings is 3. The summed E-state index contributed by atoms with van der Waals surface area (Å²) in [4.78, 5) is 12.9. The van der Waals surface area contributed by atoms with E-state index >= 15 is 0 Å². The fraction of sp³-hybridized carbons (Fsp3) is 0.0455. The summed E-state index contributed by atoms with van der Waals surface area (Å²) in [6.45, 7) is 0. The average molecular weight is 391 g/mol. The first-order valence-corrected chi connectivity index (χ1v) is 8.77. The van der Waals surface area contributed by atoms with Crippen LogP contribution in [-0.4, -0.2) is 26.3 Å². The van der Waals surface area contributed by atoms with Gasteiger partial charge in [-0.1, -0.05) is 6.07 Å². The molecule has 0 aliphatic carbocycles. The number of nitrogens with one attached hydrogen (secondary N) is 1. The van der Waals surface area contributed by atoms with Crippen LogP contribution >= 0.6 is 0 Å². The number of phenols is 4. The molecule has 0 saturated carbocycles. The highest BCUT2D eigenvalue weighted by molar-refractivity contribution is 6.10. The number of hydrogen-bond acceptors (Lipinski definition) is 6. The molecule has 7 nitrogen and oxygen atoms in total. The number of fused-ring (bicyclic) bond motifs is 1. The van der Waals surface area contributed by atoms with Gasteiger partial charge in [0.2, 0.25) is 0 Å². The fourth-order valence-electron chi connectivity index (χ4n) is 3.17. The lowest BCUT2D eigenvalue weighted by Gasteiger charge is -2.16. The van der Waals surface area contributed by atoms with E-state index in [4.69, 9.17) is 4.74 Å². The van der Waals surface area contributed by atoms with Gasteiger partial charge < -0.3 is 30.5 Å². The number of aromatic hydroxyl groups is 4. The number of amides is 1. The van der Waals surface area contributed by atoms with Crippen LogP contribution in [0.5, 0.6) is 28.7 Å². The van der Waals surface area contributed by atoms with Crippen LogP contribution < -0.4 is 10.1 Å². The van der Waals surface area contributed by atoms with Gasteiger partial charge in [-0.05, 0) is 60.5 Å². The predicted octanol–water partition coefficient (Wildman–Crippen LogP) is 3.88. The van der Waals surface area contributed by atoms with Gasteiger partial charge >= 0.3 is 0 Å². The smallest absolute Gasteiger partial charge is 0.256 e. The molecule has 0 bridgehead atoms. The van der Waals surface area contributed by atoms with Gasteiger partial charge in [-0.15, -0.1) is 0 Å². The van der Waals surface area contributed by atoms with Gasteiger partial charge in [0.15, 0.2) is 23.0 Å². The Morgan fingerprint density at radius 1 is 0.897 bits per heavy atom. The lowest BCUT2D eigenvalue weighted by molar-refractivity contribution is 0.102. The second-order valence-corrected chi connectivity index (χ2v) is 6.53. The molecule has 0 saturated heterocycles. The molecule has 5 N–H and O–H groups in total. The number of ether oxygens (including phenoxy) is 1. The van der Waals surface area contributed by atoms with Crippen LogP contribution in [0, 0.1) is 0 Å². The highest BCUT2D eigenvalue weighted by atomic mass is 16.5. The molecule has 1 aliphatic rings. The molecule has 0 atom stereocenters. The van der Waals surface area contributed by atoms with Crippen LogP contribution in [0.4, 0.5) is 5.69 Å². The third kappa shape index (κ3) is 3.41. The summed E-state index contributed by atoms with van der Waals surface area (Å²) < 4.78 is 5.40. The van der Waals surface area contributed by atoms with Gasteiger partial charge in [0.25, 0.3) is 5.91 Å². The van der Waals surface area contributed by atoms with Crippen LogP contribution in [0.1, 0.15) is 15.9 Å². The number of hydrogen-bond donors (Lipinski definition) is 5. The Morgan fingerprint density at radius 2 is 1.69 bits per heavy atom. The Morgan fingerprint density at radius 3 is 2.48 bits per heavy atom. The van der Waals surface area contributed by atoms with Crippen LogP contribution in [0.3, 0.4) is 0 Å². The second kappa shape index (κ2) is 7.12. The molecule has 0 radical (unpaired) electrons. The third-order valence-corrected chi connectivity index (χ3v) is 4.61. The summed E-state index contributed by atoms with van der Waals surface area (Å²) in [6, 6.07) is 11.7. The summed E-state index contributed by atoms with van der Waals surface area (Å²) in [6.07, 6.45) is 4.15. The van der Waals surface area contributed by atoms with E-state index in [0.29, 0.717) is 17.9 Å². The summed E-state index contributed by atoms with van der Waals surface area (Å²) >= 11 is 0. The lowest BCUT2D eigenvalue weighted by atomic mass is 9.96. The van der Waals surface area contributed by atoms with Crippen molar-refractivity contribution in [2.75, 3.05) is 5.32 Å². The van der Waals surface area contributed by atoms with Gasteiger partial charge in [-0.2, -0.15) is 0 Å². The number of phenolic OH excluding ortho intramolecular Hbond substituents is 4. The number of rotatable bonds is 3. The first-order valence-electron chi connectivity index (χ1n) is 8.77. The van der Waals surface area contributed by atoms with Crippen molar-refractivity contribution in [1.29, 1.82) is 0 Å². The molecule has 7 heteroatoms. The summed E-state index contributed by atoms with van der Waals surface area (Å²) in [7, 11) is 0. The standard InChI is InChI=1S/C22H17NO6/c24-16-6-3-13(11-18(16)26)20-15(5-7-17(25)21(20)27)22(28)23-14-4-8-19-12(10-14)2-1-9-29-19/h1,3-11,24-27H,2H2,(H,23,28). The summed E-state index contributed by atoms with van der Waals surface area (Å²) in [5.74, 6) is -1.49. The van der Waals surface area contributed by atoms with Crippen molar-refractivity contribution >= 4 is 11.6 Å². The number of carbonyl (C=O) groups excluding carboxylic acids is 1. The molecule has 1 heterocycles. The Balaban J connectivity index is 1.72. The van der Waals surface area contributed by atoms with E-state index in [1.807, 2.05) is 6.08 Å². The molecule has 1 aliphatic heterocycles. The van der Waals surface area contributed by atoms with Crippen molar-refractivity contribution in [3.05, 3.63) is 72.0 Å². The zero-order chi connectivity index (χ0) is 20.5. The first-order chi connectivity index (χ1) is 13.9. The van der Waals surface area contributed by atoms with Crippen molar-refractivity contribution < 1.29 is 30.0 Å². The van der Waals surface area contributed by atoms with Gasteiger partial charge in [0, 0.05) is 16.8 Å². The first kappa shape index (κ1) is 18.2. The van der Waals surface area contributed by atoms with E-state index in [9.17, 15) is 25.2 Å². The maximum atomic E-state index is 12.9. The van der Waals surface area contributed by atoms with Crippen LogP contribution in [0.25, 0.3) is 11.1 Å². The molecule has 3 aromatic carbocycles. The average Bonchev–Trinajstić information content (AvgIpc) is 2.72. The Labute approximate surface area is 165 Å². The van der Waals surface area contributed by atoms with Crippen molar-refractivity contribution in [2.45, 2.75) is 6.42 Å². The Bertz CT molecular complexity index is 1150. The number of anilines is 1. The van der Waals surface area contributed by atoms with E-state index in [1.54, 1.807) is 24.5 Å². The molecule has 1 amide bonds. The van der Waals surface area contributed by atoms with Crippen molar-refractivity contribution in [1.82, 2.24) is 0 Å². The highest BCUT2D eigenvalue weighted by Gasteiger charge is 2.21. The zero-order valence-electron chi connectivity index (χ0n) is 15.1. The molecule has 4 rings (SSSR count). The second-order valence-electron chi connectivity index (χ2n) is 6.53. The minimum Gasteiger partial charge on any atom is -0.504 e. The number of allylic oxidation sites excluding steroid dienone is 1. The predicted molar refractivity (Wildman–Crippen MR) is 106 cm³/mol. The quantitative estimate of drug-likeness (QED) is 0.432. The zero-order valence-corrected chi connectivity index (χ0v) is 15.1. The largest absolute Gasteiger partial charge is 0.504 e. The van der Waals surface area contributed by atoms with Gasteiger partial charge in [-0.3, -0.25) is 4.79 Å². The SMILES string of the molecule is O=C(Nc1ccc2c(c1)CC=CO2)c1ccc(O)c(O)c1-c1ccc(O)c(O)c1. The summed E-state index contributed by atoms with van der Waals surface area (Å²) in [5, 5.41) is 42.3. The normalized spacial score (nSPS) is 12.1.